The minimum absolute atomic E-state index is 0.0112. The smallest absolute Gasteiger partial charge is 0.262 e. The summed E-state index contributed by atoms with van der Waals surface area (Å²) in [7, 11) is 0. The van der Waals surface area contributed by atoms with Crippen molar-refractivity contribution in [2.24, 2.45) is 0 Å². The Balaban J connectivity index is 2.38. The fourth-order valence-corrected chi connectivity index (χ4v) is 3.25. The molecule has 0 saturated heterocycles. The monoisotopic (exact) mass is 309 g/mol. The molecular formula is C14H19N3O3S. The molecule has 1 amide bonds. The normalized spacial score (nSPS) is 14.1. The zero-order valence-corrected chi connectivity index (χ0v) is 13.1. The Morgan fingerprint density at radius 1 is 1.57 bits per heavy atom. The first-order valence-electron chi connectivity index (χ1n) is 6.82. The number of aromatic nitrogens is 2. The van der Waals surface area contributed by atoms with E-state index in [0.717, 1.165) is 0 Å². The molecule has 0 spiro atoms. The highest BCUT2D eigenvalue weighted by Gasteiger charge is 2.26. The number of hydrogen-bond donors (Lipinski definition) is 3. The second-order valence-electron chi connectivity index (χ2n) is 5.31. The van der Waals surface area contributed by atoms with Crippen LogP contribution in [0, 0.1) is 6.92 Å². The van der Waals surface area contributed by atoms with Crippen LogP contribution in [0.2, 0.25) is 0 Å². The molecule has 3 N–H and O–H groups in total. The molecule has 0 aliphatic carbocycles. The molecule has 2 heterocycles. The van der Waals surface area contributed by atoms with Crippen LogP contribution in [-0.4, -0.2) is 33.1 Å². The molecule has 1 unspecified atom stereocenters. The number of thiophene rings is 1. The molecule has 21 heavy (non-hydrogen) atoms. The lowest BCUT2D eigenvalue weighted by Gasteiger charge is -2.28. The number of nitrogens with one attached hydrogen (secondary N) is 2. The van der Waals surface area contributed by atoms with Crippen molar-refractivity contribution in [3.63, 3.8) is 0 Å². The molecule has 0 bridgehead atoms. The number of carbonyl (C=O) groups excluding carboxylic acids is 1. The van der Waals surface area contributed by atoms with Gasteiger partial charge in [0.25, 0.3) is 11.5 Å². The summed E-state index contributed by atoms with van der Waals surface area (Å²) < 4.78 is 0. The van der Waals surface area contributed by atoms with Crippen LogP contribution >= 0.6 is 11.3 Å². The molecule has 6 nitrogen and oxygen atoms in total. The van der Waals surface area contributed by atoms with Gasteiger partial charge < -0.3 is 15.4 Å². The molecular weight excluding hydrogens is 290 g/mol. The minimum atomic E-state index is -0.464. The van der Waals surface area contributed by atoms with E-state index in [1.807, 2.05) is 13.8 Å². The Morgan fingerprint density at radius 2 is 2.29 bits per heavy atom. The number of aryl methyl sites for hydroxylation is 1. The number of nitrogens with zero attached hydrogens (tertiary/aromatic N) is 1. The highest BCUT2D eigenvalue weighted by Crippen LogP contribution is 2.27. The third-order valence-corrected chi connectivity index (χ3v) is 5.00. The quantitative estimate of drug-likeness (QED) is 0.781. The van der Waals surface area contributed by atoms with Crippen LogP contribution in [0.5, 0.6) is 0 Å². The van der Waals surface area contributed by atoms with Gasteiger partial charge in [-0.15, -0.1) is 11.3 Å². The molecule has 7 heteroatoms. The Bertz CT molecular complexity index is 722. The van der Waals surface area contributed by atoms with Crippen LogP contribution in [0.3, 0.4) is 0 Å². The number of H-pyrrole nitrogens is 1. The summed E-state index contributed by atoms with van der Waals surface area (Å²) in [5, 5.41) is 12.5. The first kappa shape index (κ1) is 15.7. The number of carbonyl (C=O) groups is 1. The van der Waals surface area contributed by atoms with Crippen LogP contribution in [0.1, 0.15) is 41.9 Å². The molecule has 0 fully saturated rings. The van der Waals surface area contributed by atoms with Crippen molar-refractivity contribution in [2.45, 2.75) is 39.2 Å². The van der Waals surface area contributed by atoms with Crippen molar-refractivity contribution in [1.82, 2.24) is 15.3 Å². The van der Waals surface area contributed by atoms with Crippen molar-refractivity contribution in [3.05, 3.63) is 27.1 Å². The number of fused-ring (bicyclic) bond motifs is 1. The Labute approximate surface area is 126 Å². The van der Waals surface area contributed by atoms with E-state index in [-0.39, 0.29) is 18.1 Å². The van der Waals surface area contributed by atoms with Crippen molar-refractivity contribution < 1.29 is 9.90 Å². The van der Waals surface area contributed by atoms with E-state index in [4.69, 9.17) is 5.11 Å². The SMILES string of the molecule is CCC(C)(CCO)NC(=O)c1sc2nc[nH]c(=O)c2c1C. The Kier molecular flexibility index (Phi) is 4.43. The predicted molar refractivity (Wildman–Crippen MR) is 82.8 cm³/mol. The van der Waals surface area contributed by atoms with E-state index in [9.17, 15) is 9.59 Å². The second-order valence-corrected chi connectivity index (χ2v) is 6.31. The molecule has 0 radical (unpaired) electrons. The predicted octanol–water partition coefficient (Wildman–Crippen LogP) is 1.57. The third-order valence-electron chi connectivity index (χ3n) is 3.80. The van der Waals surface area contributed by atoms with E-state index in [2.05, 4.69) is 15.3 Å². The van der Waals surface area contributed by atoms with Crippen LogP contribution in [0.4, 0.5) is 0 Å². The van der Waals surface area contributed by atoms with E-state index in [1.54, 1.807) is 6.92 Å². The lowest BCUT2D eigenvalue weighted by molar-refractivity contribution is 0.0890. The molecule has 0 aromatic carbocycles. The lowest BCUT2D eigenvalue weighted by atomic mass is 9.94. The minimum Gasteiger partial charge on any atom is -0.396 e. The molecule has 1 atom stereocenters. The number of aliphatic hydroxyl groups excluding tert-OH is 1. The number of aliphatic hydroxyl groups is 1. The van der Waals surface area contributed by atoms with E-state index in [1.165, 1.54) is 17.7 Å². The first-order valence-corrected chi connectivity index (χ1v) is 7.63. The van der Waals surface area contributed by atoms with Gasteiger partial charge in [-0.05, 0) is 32.3 Å². The highest BCUT2D eigenvalue weighted by atomic mass is 32.1. The van der Waals surface area contributed by atoms with Gasteiger partial charge in [-0.25, -0.2) is 4.98 Å². The standard InChI is InChI=1S/C14H19N3O3S/c1-4-14(3,5-6-18)17-12(20)10-8(2)9-11(19)15-7-16-13(9)21-10/h7,18H,4-6H2,1-3H3,(H,17,20)(H,15,16,19). The lowest BCUT2D eigenvalue weighted by Crippen LogP contribution is -2.46. The fraction of sp³-hybridized carbons (Fsp3) is 0.500. The molecule has 2 aromatic rings. The van der Waals surface area contributed by atoms with Gasteiger partial charge in [0.2, 0.25) is 0 Å². The Hall–Kier alpha value is -1.73. The number of aromatic amines is 1. The largest absolute Gasteiger partial charge is 0.396 e. The summed E-state index contributed by atoms with van der Waals surface area (Å²) >= 11 is 1.21. The van der Waals surface area contributed by atoms with Gasteiger partial charge in [0, 0.05) is 12.1 Å². The van der Waals surface area contributed by atoms with Gasteiger partial charge in [-0.2, -0.15) is 0 Å². The van der Waals surface area contributed by atoms with E-state index >= 15 is 0 Å². The number of amides is 1. The Morgan fingerprint density at radius 3 is 2.86 bits per heavy atom. The summed E-state index contributed by atoms with van der Waals surface area (Å²) in [6, 6.07) is 0. The summed E-state index contributed by atoms with van der Waals surface area (Å²) in [6.45, 7) is 5.62. The van der Waals surface area contributed by atoms with Gasteiger partial charge >= 0.3 is 0 Å². The molecule has 0 aliphatic heterocycles. The van der Waals surface area contributed by atoms with Crippen molar-refractivity contribution in [1.29, 1.82) is 0 Å². The zero-order valence-electron chi connectivity index (χ0n) is 12.3. The first-order chi connectivity index (χ1) is 9.91. The summed E-state index contributed by atoms with van der Waals surface area (Å²) in [4.78, 5) is 32.0. The van der Waals surface area contributed by atoms with Crippen LogP contribution < -0.4 is 10.9 Å². The maximum absolute atomic E-state index is 12.5. The van der Waals surface area contributed by atoms with Crippen LogP contribution in [-0.2, 0) is 0 Å². The van der Waals surface area contributed by atoms with E-state index in [0.29, 0.717) is 33.5 Å². The maximum atomic E-state index is 12.5. The van der Waals surface area contributed by atoms with Crippen LogP contribution in [0.25, 0.3) is 10.2 Å². The zero-order chi connectivity index (χ0) is 15.6. The van der Waals surface area contributed by atoms with Crippen molar-refractivity contribution in [2.75, 3.05) is 6.61 Å². The van der Waals surface area contributed by atoms with Crippen LogP contribution in [0.15, 0.2) is 11.1 Å². The maximum Gasteiger partial charge on any atom is 0.262 e. The summed E-state index contributed by atoms with van der Waals surface area (Å²) in [5.41, 5.74) is -0.0559. The molecule has 0 aliphatic rings. The van der Waals surface area contributed by atoms with E-state index < -0.39 is 5.54 Å². The molecule has 2 rings (SSSR count). The van der Waals surface area contributed by atoms with Gasteiger partial charge in [-0.1, -0.05) is 6.92 Å². The highest BCUT2D eigenvalue weighted by molar-refractivity contribution is 7.20. The second kappa shape index (κ2) is 5.95. The van der Waals surface area contributed by atoms with Crippen molar-refractivity contribution >= 4 is 27.5 Å². The van der Waals surface area contributed by atoms with Gasteiger partial charge in [0.05, 0.1) is 16.6 Å². The summed E-state index contributed by atoms with van der Waals surface area (Å²) in [6.07, 6.45) is 2.53. The van der Waals surface area contributed by atoms with Gasteiger partial charge in [-0.3, -0.25) is 9.59 Å². The average molecular weight is 309 g/mol. The molecule has 0 saturated carbocycles. The number of hydrogen-bond acceptors (Lipinski definition) is 5. The van der Waals surface area contributed by atoms with Crippen molar-refractivity contribution in [3.8, 4) is 0 Å². The average Bonchev–Trinajstić information content (AvgIpc) is 2.78. The topological polar surface area (TPSA) is 95.1 Å². The number of rotatable bonds is 5. The molecule has 114 valence electrons. The third kappa shape index (κ3) is 2.98. The summed E-state index contributed by atoms with van der Waals surface area (Å²) in [5.74, 6) is -0.229. The van der Waals surface area contributed by atoms with Gasteiger partial charge in [0.1, 0.15) is 4.83 Å². The fourth-order valence-electron chi connectivity index (χ4n) is 2.20. The molecule has 2 aromatic heterocycles. The van der Waals surface area contributed by atoms with Gasteiger partial charge in [0.15, 0.2) is 0 Å².